The van der Waals surface area contributed by atoms with E-state index >= 15 is 0 Å². The molecule has 2 aromatic rings. The summed E-state index contributed by atoms with van der Waals surface area (Å²) in [6.07, 6.45) is 1.35. The maximum atomic E-state index is 14.6. The highest BCUT2D eigenvalue weighted by Gasteiger charge is 2.55. The zero-order valence-corrected chi connectivity index (χ0v) is 28.3. The van der Waals surface area contributed by atoms with Gasteiger partial charge in [0.2, 0.25) is 20.0 Å². The average molecular weight is 682 g/mol. The van der Waals surface area contributed by atoms with Crippen molar-refractivity contribution in [3.8, 4) is 0 Å². The van der Waals surface area contributed by atoms with E-state index in [1.165, 1.54) is 18.2 Å². The minimum absolute atomic E-state index is 0.0198. The summed E-state index contributed by atoms with van der Waals surface area (Å²) in [5.74, 6) is -4.03. The van der Waals surface area contributed by atoms with Crippen molar-refractivity contribution in [2.45, 2.75) is 51.0 Å². The predicted molar refractivity (Wildman–Crippen MR) is 173 cm³/mol. The Morgan fingerprint density at radius 3 is 2.33 bits per heavy atom. The third-order valence-electron chi connectivity index (χ3n) is 7.91. The monoisotopic (exact) mass is 681 g/mol. The predicted octanol–water partition coefficient (Wildman–Crippen LogP) is 2.55. The van der Waals surface area contributed by atoms with E-state index in [0.717, 1.165) is 12.3 Å². The minimum Gasteiger partial charge on any atom is -0.341 e. The Morgan fingerprint density at radius 2 is 1.71 bits per heavy atom. The van der Waals surface area contributed by atoms with Crippen LogP contribution in [0.3, 0.4) is 0 Å². The lowest BCUT2D eigenvalue weighted by Crippen LogP contribution is -2.61. The molecule has 0 amide bonds. The van der Waals surface area contributed by atoms with Gasteiger partial charge in [0.25, 0.3) is 10.0 Å². The van der Waals surface area contributed by atoms with Crippen LogP contribution in [0.15, 0.2) is 51.8 Å². The minimum atomic E-state index is -4.52. The van der Waals surface area contributed by atoms with Gasteiger partial charge in [-0.15, -0.1) is 4.40 Å². The number of benzene rings is 2. The number of hydrogen-bond acceptors (Lipinski definition) is 10. The Labute approximate surface area is 265 Å². The van der Waals surface area contributed by atoms with Gasteiger partial charge in [-0.3, -0.25) is 14.3 Å². The topological polar surface area (TPSA) is 188 Å². The number of nitrogens with zero attached hydrogens (tertiary/aromatic N) is 2. The van der Waals surface area contributed by atoms with Crippen LogP contribution in [0.5, 0.6) is 0 Å². The van der Waals surface area contributed by atoms with Crippen LogP contribution < -0.4 is 14.8 Å². The standard InChI is InChI=1S/C29H39N5O8S3/c1-6-34(7-2)16-17-44(39,40)33-29(15-14-19(3)4)22-11-9-8-10-21(22)26(35)25(27(29)36)28-30-23-13-12-20(31-43(5,37)38)18-24(23)45(41,42)32-28/h8-13,18-19,25,31,33H,6-7,14-17H2,1-5H3,(H,30,32). The van der Waals surface area contributed by atoms with Crippen LogP contribution in [-0.4, -0.2) is 79.2 Å². The maximum absolute atomic E-state index is 14.6. The maximum Gasteiger partial charge on any atom is 0.286 e. The lowest BCUT2D eigenvalue weighted by Gasteiger charge is -2.41. The van der Waals surface area contributed by atoms with Crippen molar-refractivity contribution in [2.24, 2.45) is 16.2 Å². The number of Topliss-reactive ketones (excluding diaryl/α,β-unsaturated/α-hetero) is 2. The lowest BCUT2D eigenvalue weighted by molar-refractivity contribution is -0.126. The average Bonchev–Trinajstić information content (AvgIpc) is 2.94. The van der Waals surface area contributed by atoms with Gasteiger partial charge in [-0.25, -0.2) is 16.8 Å². The van der Waals surface area contributed by atoms with Gasteiger partial charge < -0.3 is 10.2 Å². The van der Waals surface area contributed by atoms with Gasteiger partial charge in [-0.05, 0) is 55.6 Å². The number of fused-ring (bicyclic) bond motifs is 2. The Bertz CT molecular complexity index is 1850. The molecule has 0 aromatic heterocycles. The summed E-state index contributed by atoms with van der Waals surface area (Å²) in [6, 6.07) is 9.94. The first kappa shape index (κ1) is 34.7. The fourth-order valence-corrected chi connectivity index (χ4v) is 8.76. The van der Waals surface area contributed by atoms with Gasteiger partial charge in [0.1, 0.15) is 22.2 Å². The number of anilines is 2. The molecule has 16 heteroatoms. The first-order chi connectivity index (χ1) is 20.9. The van der Waals surface area contributed by atoms with Crippen LogP contribution >= 0.6 is 0 Å². The van der Waals surface area contributed by atoms with E-state index in [9.17, 15) is 34.8 Å². The molecule has 0 saturated carbocycles. The van der Waals surface area contributed by atoms with E-state index in [2.05, 4.69) is 19.2 Å². The number of amidine groups is 1. The molecule has 0 bridgehead atoms. The van der Waals surface area contributed by atoms with Crippen LogP contribution in [0.25, 0.3) is 0 Å². The Morgan fingerprint density at radius 1 is 1.04 bits per heavy atom. The van der Waals surface area contributed by atoms with Crippen LogP contribution in [-0.2, 0) is 40.4 Å². The van der Waals surface area contributed by atoms with Crippen molar-refractivity contribution in [1.29, 1.82) is 0 Å². The highest BCUT2D eigenvalue weighted by molar-refractivity contribution is 7.92. The Kier molecular flexibility index (Phi) is 9.95. The van der Waals surface area contributed by atoms with Crippen LogP contribution in [0.4, 0.5) is 11.4 Å². The molecule has 1 aliphatic carbocycles. The molecular formula is C29H39N5O8S3. The summed E-state index contributed by atoms with van der Waals surface area (Å²) >= 11 is 0. The van der Waals surface area contributed by atoms with Crippen molar-refractivity contribution < 1.29 is 34.8 Å². The molecule has 2 unspecified atom stereocenters. The number of carbonyl (C=O) groups excluding carboxylic acids is 2. The summed E-state index contributed by atoms with van der Waals surface area (Å²) in [5, 5.41) is 2.79. The summed E-state index contributed by atoms with van der Waals surface area (Å²) in [5.41, 5.74) is -1.63. The molecule has 0 spiro atoms. The Hall–Kier alpha value is -3.18. The molecule has 45 heavy (non-hydrogen) atoms. The molecule has 0 saturated heterocycles. The molecule has 13 nitrogen and oxygen atoms in total. The summed E-state index contributed by atoms with van der Waals surface area (Å²) in [4.78, 5) is 30.2. The lowest BCUT2D eigenvalue weighted by atomic mass is 9.67. The number of sulfonamides is 3. The SMILES string of the molecule is CCN(CC)CCS(=O)(=O)NC1(CCC(C)C)C(=O)C(C2=NS(=O)(=O)c3cc(NS(C)(=O)=O)ccc3N2)C(=O)c2ccccc21. The third-order valence-corrected chi connectivity index (χ3v) is 11.2. The highest BCUT2D eigenvalue weighted by atomic mass is 32.2. The fraction of sp³-hybridized carbons (Fsp3) is 0.483. The number of carbonyl (C=O) groups is 2. The smallest absolute Gasteiger partial charge is 0.286 e. The fourth-order valence-electron chi connectivity index (χ4n) is 5.58. The Balaban J connectivity index is 1.84. The largest absolute Gasteiger partial charge is 0.341 e. The quantitative estimate of drug-likeness (QED) is 0.265. The molecule has 246 valence electrons. The molecule has 4 rings (SSSR count). The van der Waals surface area contributed by atoms with Gasteiger partial charge in [0.15, 0.2) is 11.6 Å². The summed E-state index contributed by atoms with van der Waals surface area (Å²) in [6.45, 7) is 9.17. The number of ketones is 2. The van der Waals surface area contributed by atoms with Gasteiger partial charge in [-0.1, -0.05) is 52.0 Å². The van der Waals surface area contributed by atoms with Crippen LogP contribution in [0, 0.1) is 11.8 Å². The van der Waals surface area contributed by atoms with Crippen molar-refractivity contribution in [2.75, 3.05) is 41.7 Å². The zero-order valence-electron chi connectivity index (χ0n) is 25.8. The number of nitrogens with one attached hydrogen (secondary N) is 3. The normalized spacial score (nSPS) is 21.2. The van der Waals surface area contributed by atoms with Crippen molar-refractivity contribution in [3.63, 3.8) is 0 Å². The molecule has 3 N–H and O–H groups in total. The molecule has 2 aromatic carbocycles. The second-order valence-electron chi connectivity index (χ2n) is 11.7. The van der Waals surface area contributed by atoms with E-state index in [0.29, 0.717) is 19.5 Å². The molecule has 0 fully saturated rings. The summed E-state index contributed by atoms with van der Waals surface area (Å²) in [7, 11) is -12.3. The van der Waals surface area contributed by atoms with Gasteiger partial charge in [0.05, 0.1) is 17.7 Å². The number of rotatable bonds is 13. The number of hydrogen-bond donors (Lipinski definition) is 3. The summed E-state index contributed by atoms with van der Waals surface area (Å²) < 4.78 is 86.1. The first-order valence-electron chi connectivity index (χ1n) is 14.6. The van der Waals surface area contributed by atoms with Gasteiger partial charge in [-0.2, -0.15) is 13.1 Å². The second kappa shape index (κ2) is 12.9. The molecule has 0 radical (unpaired) electrons. The van der Waals surface area contributed by atoms with Crippen molar-refractivity contribution in [1.82, 2.24) is 9.62 Å². The molecule has 1 heterocycles. The molecule has 1 aliphatic heterocycles. The van der Waals surface area contributed by atoms with E-state index in [1.54, 1.807) is 18.2 Å². The molecule has 2 aliphatic rings. The molecular weight excluding hydrogens is 643 g/mol. The van der Waals surface area contributed by atoms with E-state index in [1.807, 2.05) is 32.6 Å². The van der Waals surface area contributed by atoms with Gasteiger partial charge >= 0.3 is 0 Å². The van der Waals surface area contributed by atoms with E-state index in [-0.39, 0.29) is 52.0 Å². The highest BCUT2D eigenvalue weighted by Crippen LogP contribution is 2.42. The van der Waals surface area contributed by atoms with Gasteiger partial charge in [0, 0.05) is 17.8 Å². The van der Waals surface area contributed by atoms with E-state index < -0.39 is 58.9 Å². The third kappa shape index (κ3) is 7.46. The van der Waals surface area contributed by atoms with E-state index in [4.69, 9.17) is 0 Å². The molecule has 2 atom stereocenters. The zero-order chi connectivity index (χ0) is 33.4. The second-order valence-corrected chi connectivity index (χ2v) is 16.8. The van der Waals surface area contributed by atoms with Crippen LogP contribution in [0.1, 0.15) is 56.5 Å². The van der Waals surface area contributed by atoms with Crippen LogP contribution in [0.2, 0.25) is 0 Å². The first-order valence-corrected chi connectivity index (χ1v) is 19.6. The van der Waals surface area contributed by atoms with Crippen molar-refractivity contribution >= 4 is 58.8 Å². The van der Waals surface area contributed by atoms with Crippen molar-refractivity contribution in [3.05, 3.63) is 53.6 Å².